The fourth-order valence-corrected chi connectivity index (χ4v) is 23.8. The molecule has 4 N–H and O–H groups in total. The second kappa shape index (κ2) is 20.7. The first-order valence-corrected chi connectivity index (χ1v) is 32.2. The lowest BCUT2D eigenvalue weighted by Gasteiger charge is -2.57. The molecule has 12 rings (SSSR count). The molecule has 4 nitrogen and oxygen atoms in total. The average molecular weight is 1100 g/mol. The van der Waals surface area contributed by atoms with Crippen molar-refractivity contribution in [3.63, 3.8) is 0 Å². The Morgan fingerprint density at radius 3 is 1.01 bits per heavy atom. The lowest BCUT2D eigenvalue weighted by Crippen LogP contribution is -2.54. The van der Waals surface area contributed by atoms with Crippen LogP contribution < -0.4 is 0 Å². The highest BCUT2D eigenvalue weighted by atomic mass is 79.9. The van der Waals surface area contributed by atoms with Crippen molar-refractivity contribution in [1.82, 2.24) is 0 Å². The molecule has 0 aromatic heterocycles. The van der Waals surface area contributed by atoms with Gasteiger partial charge in [0.2, 0.25) is 0 Å². The van der Waals surface area contributed by atoms with Crippen molar-refractivity contribution < 1.29 is 33.6 Å². The van der Waals surface area contributed by atoms with Gasteiger partial charge in [0.15, 0.2) is 0 Å². The van der Waals surface area contributed by atoms with E-state index in [-0.39, 0.29) is 29.8 Å². The summed E-state index contributed by atoms with van der Waals surface area (Å²) in [5, 5.41) is 41.8. The second-order valence-corrected chi connectivity index (χ2v) is 31.3. The third kappa shape index (κ3) is 9.84. The molecule has 0 spiro atoms. The molecule has 0 bridgehead atoms. The highest BCUT2D eigenvalue weighted by Crippen LogP contribution is 2.69. The third-order valence-electron chi connectivity index (χ3n) is 26.7. The molecule has 0 unspecified atom stereocenters. The topological polar surface area (TPSA) is 80.9 Å². The average Bonchev–Trinajstić information content (AvgIpc) is 4.01. The Hall–Kier alpha value is -0.670. The maximum absolute atomic E-state index is 15.2. The molecule has 74 heavy (non-hydrogen) atoms. The minimum absolute atomic E-state index is 0.0685. The van der Waals surface area contributed by atoms with Crippen molar-refractivity contribution in [2.75, 3.05) is 11.9 Å². The van der Waals surface area contributed by atoms with E-state index in [1.807, 2.05) is 20.8 Å². The fraction of sp³-hybridized carbons (Fsp3) is 0.909. The van der Waals surface area contributed by atoms with Gasteiger partial charge in [0.1, 0.15) is 18.5 Å². The first kappa shape index (κ1) is 56.6. The van der Waals surface area contributed by atoms with Crippen LogP contribution in [-0.4, -0.2) is 67.7 Å². The smallest absolute Gasteiger partial charge is 0.104 e. The molecule has 0 amide bonds. The number of fused-ring (bicyclic) bond motifs is 15. The number of alkyl halides is 4. The maximum Gasteiger partial charge on any atom is 0.104 e. The molecule has 0 aliphatic heterocycles. The van der Waals surface area contributed by atoms with Gasteiger partial charge in [-0.3, -0.25) is 0 Å². The summed E-state index contributed by atoms with van der Waals surface area (Å²) in [6.45, 7) is 28.1. The van der Waals surface area contributed by atoms with Gasteiger partial charge in [0.25, 0.3) is 0 Å². The predicted molar refractivity (Wildman–Crippen MR) is 298 cm³/mol. The molecule has 0 aromatic rings. The highest BCUT2D eigenvalue weighted by molar-refractivity contribution is 9.09. The molecular weight excluding hydrogens is 994 g/mol. The number of aliphatic hydroxyl groups excluding tert-OH is 1. The zero-order chi connectivity index (χ0) is 53.2. The third-order valence-corrected chi connectivity index (χ3v) is 27.4. The van der Waals surface area contributed by atoms with Crippen molar-refractivity contribution >= 4 is 15.9 Å². The summed E-state index contributed by atoms with van der Waals surface area (Å²) in [5.41, 5.74) is 2.63. The zero-order valence-electron chi connectivity index (χ0n) is 47.4. The summed E-state index contributed by atoms with van der Waals surface area (Å²) in [6, 6.07) is 0. The van der Waals surface area contributed by atoms with E-state index in [1.165, 1.54) is 81.8 Å². The van der Waals surface area contributed by atoms with Crippen LogP contribution in [-0.2, 0) is 0 Å². The van der Waals surface area contributed by atoms with Gasteiger partial charge in [0.05, 0.1) is 23.4 Å². The summed E-state index contributed by atoms with van der Waals surface area (Å²) in [5.74, 6) is 9.08. The van der Waals surface area contributed by atoms with Gasteiger partial charge in [-0.05, 0) is 310 Å². The van der Waals surface area contributed by atoms with Crippen molar-refractivity contribution in [2.45, 2.75) is 238 Å². The predicted octanol–water partition coefficient (Wildman–Crippen LogP) is 15.9. The minimum Gasteiger partial charge on any atom is -0.392 e. The molecule has 8 heteroatoms. The minimum atomic E-state index is -0.750. The van der Waals surface area contributed by atoms with Crippen LogP contribution in [0.15, 0.2) is 36.5 Å². The van der Waals surface area contributed by atoms with Crippen molar-refractivity contribution in [3.8, 4) is 0 Å². The number of hydrogen-bond donors (Lipinski definition) is 4. The van der Waals surface area contributed by atoms with Crippen molar-refractivity contribution in [1.29, 1.82) is 0 Å². The molecule has 0 saturated heterocycles. The summed E-state index contributed by atoms with van der Waals surface area (Å²) in [7, 11) is 0. The van der Waals surface area contributed by atoms with E-state index in [0.29, 0.717) is 125 Å². The van der Waals surface area contributed by atoms with E-state index in [4.69, 9.17) is 0 Å². The highest BCUT2D eigenvalue weighted by Gasteiger charge is 2.63. The van der Waals surface area contributed by atoms with Crippen LogP contribution in [0.4, 0.5) is 13.2 Å². The van der Waals surface area contributed by atoms with Gasteiger partial charge in [-0.2, -0.15) is 0 Å². The lowest BCUT2D eigenvalue weighted by atomic mass is 9.48. The molecular formula is C66H104BrF3O4. The number of allylic oxidation sites excluding steroid dienone is 2. The van der Waals surface area contributed by atoms with Crippen molar-refractivity contribution in [3.05, 3.63) is 36.5 Å². The summed E-state index contributed by atoms with van der Waals surface area (Å²) in [4.78, 5) is 0. The number of rotatable bonds is 5. The van der Waals surface area contributed by atoms with E-state index < -0.39 is 35.3 Å². The van der Waals surface area contributed by atoms with Crippen LogP contribution >= 0.6 is 15.9 Å². The van der Waals surface area contributed by atoms with Crippen LogP contribution in [0.25, 0.3) is 0 Å². The number of aliphatic hydroxyl groups is 4. The summed E-state index contributed by atoms with van der Waals surface area (Å²) in [6.07, 6.45) is 22.5. The molecule has 12 saturated carbocycles. The van der Waals surface area contributed by atoms with Crippen LogP contribution in [0.5, 0.6) is 0 Å². The lowest BCUT2D eigenvalue weighted by molar-refractivity contribution is -0.125. The number of halogens is 4. The standard InChI is InChI=1S/C22H34BrFO.C22H35FO2.C22H35FO/c1-13(12-23)18-4-5-19-16-10-20(24)17-11-21(2,25)8-6-15(17)14(16)7-9-22(18,19)3;1-13(12-24)18-4-5-19-16-10-20(23)17-11-21(2,25)8-6-15(17)14(16)7-9-22(18,19)3;1-13(2)18-5-6-19-16-11-20(23)17-12-21(3,24)9-7-15(17)14(16)8-10-22(18,19)4/h14-20,25H,1,4-12H2,2-3H3;14-20,24-25H,1,4-12H2,2-3H3;14-20,24H,1,5-12H2,2-4H3/t3*14-,15-,16-,17-,18-,19+,20-,21-,22-/m111/s1. The van der Waals surface area contributed by atoms with Crippen LogP contribution in [0.2, 0.25) is 0 Å². The van der Waals surface area contributed by atoms with Crippen LogP contribution in [0.3, 0.4) is 0 Å². The Morgan fingerprint density at radius 1 is 0.419 bits per heavy atom. The van der Waals surface area contributed by atoms with E-state index >= 15 is 13.2 Å². The van der Waals surface area contributed by atoms with Gasteiger partial charge in [-0.25, -0.2) is 13.2 Å². The summed E-state index contributed by atoms with van der Waals surface area (Å²) < 4.78 is 45.5. The second-order valence-electron chi connectivity index (χ2n) is 30.7. The Labute approximate surface area is 456 Å². The van der Waals surface area contributed by atoms with Crippen LogP contribution in [0, 0.1) is 123 Å². The summed E-state index contributed by atoms with van der Waals surface area (Å²) >= 11 is 3.62. The first-order chi connectivity index (χ1) is 34.8. The van der Waals surface area contributed by atoms with Gasteiger partial charge in [-0.1, -0.05) is 67.6 Å². The van der Waals surface area contributed by atoms with Gasteiger partial charge in [-0.15, -0.1) is 0 Å². The molecule has 0 heterocycles. The molecule has 12 aliphatic carbocycles. The zero-order valence-corrected chi connectivity index (χ0v) is 49.0. The van der Waals surface area contributed by atoms with E-state index in [1.54, 1.807) is 0 Å². The SMILES string of the molecule is C=C(C)[C@H]1CC[C@H]2[C@@H]3C[C@@H](F)[C@@H]4C[C@](C)(O)CC[C@@H]4[C@H]3CC[C@]12C.C=C(CBr)[C@H]1CC[C@H]2[C@@H]3C[C@@H](F)[C@@H]4C[C@](C)(O)CC[C@@H]4[C@H]3CC[C@]12C.C=C(CO)[C@H]1CC[C@H]2[C@@H]3C[C@@H](F)[C@@H]4C[C@](C)(O)CC[C@@H]4[C@H]3CC[C@]12C. The molecule has 0 radical (unpaired) electrons. The van der Waals surface area contributed by atoms with E-state index in [2.05, 4.69) is 63.4 Å². The normalized spacial score (nSPS) is 55.7. The fourth-order valence-electron chi connectivity index (χ4n) is 23.4. The molecule has 12 fully saturated rings. The Kier molecular flexibility index (Phi) is 15.8. The molecule has 0 aromatic carbocycles. The molecule has 420 valence electrons. The van der Waals surface area contributed by atoms with Gasteiger partial charge in [0, 0.05) is 5.33 Å². The van der Waals surface area contributed by atoms with Crippen LogP contribution in [0.1, 0.15) is 203 Å². The largest absolute Gasteiger partial charge is 0.392 e. The Balaban J connectivity index is 0.000000127. The Morgan fingerprint density at radius 2 is 0.703 bits per heavy atom. The quantitative estimate of drug-likeness (QED) is 0.163. The molecule has 27 atom stereocenters. The Bertz CT molecular complexity index is 1980. The first-order valence-electron chi connectivity index (χ1n) is 31.0. The van der Waals surface area contributed by atoms with E-state index in [0.717, 1.165) is 68.7 Å². The van der Waals surface area contributed by atoms with E-state index in [9.17, 15) is 20.4 Å². The molecule has 12 aliphatic rings. The maximum atomic E-state index is 15.2. The van der Waals surface area contributed by atoms with Crippen molar-refractivity contribution in [2.24, 2.45) is 123 Å². The van der Waals surface area contributed by atoms with Gasteiger partial charge < -0.3 is 20.4 Å². The van der Waals surface area contributed by atoms with Gasteiger partial charge >= 0.3 is 0 Å². The number of hydrogen-bond acceptors (Lipinski definition) is 4. The monoisotopic (exact) mass is 1100 g/mol.